The van der Waals surface area contributed by atoms with Crippen LogP contribution < -0.4 is 10.1 Å². The number of nitrogens with one attached hydrogen (secondary N) is 1. The number of ether oxygens (including phenoxy) is 3. The van der Waals surface area contributed by atoms with Crippen LogP contribution in [0.2, 0.25) is 0 Å². The van der Waals surface area contributed by atoms with Gasteiger partial charge in [0, 0.05) is 41.6 Å². The highest BCUT2D eigenvalue weighted by atomic mass is 16.7. The zero-order valence-electron chi connectivity index (χ0n) is 25.1. The van der Waals surface area contributed by atoms with Gasteiger partial charge in [0.05, 0.1) is 42.0 Å². The number of benzene rings is 2. The molecule has 240 valence electrons. The summed E-state index contributed by atoms with van der Waals surface area (Å²) in [7, 11) is 1.32. The van der Waals surface area contributed by atoms with Crippen LogP contribution in [0.15, 0.2) is 30.0 Å². The number of hydrogen-bond acceptors (Lipinski definition) is 13. The van der Waals surface area contributed by atoms with Gasteiger partial charge in [-0.1, -0.05) is 12.1 Å². The molecule has 2 aromatic rings. The minimum atomic E-state index is -2.29. The molecule has 45 heavy (non-hydrogen) atoms. The molecule has 0 spiro atoms. The predicted octanol–water partition coefficient (Wildman–Crippen LogP) is 1.12. The zero-order chi connectivity index (χ0) is 33.0. The predicted molar refractivity (Wildman–Crippen MR) is 155 cm³/mol. The second-order valence-electron chi connectivity index (χ2n) is 11.7. The largest absolute Gasteiger partial charge is 0.507 e. The van der Waals surface area contributed by atoms with Crippen molar-refractivity contribution in [3.8, 4) is 17.2 Å². The maximum Gasteiger partial charge on any atom is 0.202 e. The minimum absolute atomic E-state index is 0.00642. The van der Waals surface area contributed by atoms with Crippen LogP contribution in [0, 0.1) is 0 Å². The number of aliphatic hydroxyl groups is 3. The van der Waals surface area contributed by atoms with Crippen molar-refractivity contribution in [2.24, 2.45) is 0 Å². The van der Waals surface area contributed by atoms with Crippen molar-refractivity contribution < 1.29 is 58.9 Å². The second kappa shape index (κ2) is 12.0. The quantitative estimate of drug-likeness (QED) is 0.153. The first-order chi connectivity index (χ1) is 21.2. The summed E-state index contributed by atoms with van der Waals surface area (Å²) in [5.41, 5.74) is -3.31. The smallest absolute Gasteiger partial charge is 0.202 e. The fraction of sp³-hybridized carbons (Fsp3) is 0.438. The number of aliphatic hydroxyl groups excluding tert-OH is 2. The van der Waals surface area contributed by atoms with Gasteiger partial charge >= 0.3 is 0 Å². The fourth-order valence-electron chi connectivity index (χ4n) is 6.50. The minimum Gasteiger partial charge on any atom is -0.507 e. The number of hydrogen-bond donors (Lipinski definition) is 6. The number of carbonyl (C=O) groups is 4. The van der Waals surface area contributed by atoms with Crippen molar-refractivity contribution in [3.05, 3.63) is 63.4 Å². The molecule has 0 saturated carbocycles. The lowest BCUT2D eigenvalue weighted by Gasteiger charge is -2.43. The van der Waals surface area contributed by atoms with Gasteiger partial charge in [0.15, 0.2) is 23.6 Å². The molecule has 5 rings (SSSR count). The van der Waals surface area contributed by atoms with E-state index in [0.29, 0.717) is 5.70 Å². The molecule has 13 nitrogen and oxygen atoms in total. The molecule has 6 unspecified atom stereocenters. The number of carbonyl (C=O) groups excluding carboxylic acids is 4. The summed E-state index contributed by atoms with van der Waals surface area (Å²) in [6, 6.07) is 3.68. The fourth-order valence-corrected chi connectivity index (χ4v) is 6.50. The second-order valence-corrected chi connectivity index (χ2v) is 11.7. The number of ketones is 4. The monoisotopic (exact) mass is 625 g/mol. The molecule has 0 amide bonds. The van der Waals surface area contributed by atoms with E-state index < -0.39 is 95.7 Å². The number of fused-ring (bicyclic) bond motifs is 3. The van der Waals surface area contributed by atoms with Crippen LogP contribution >= 0.6 is 0 Å². The normalized spacial score (nSPS) is 27.7. The van der Waals surface area contributed by atoms with E-state index in [4.69, 9.17) is 14.2 Å². The van der Waals surface area contributed by atoms with Gasteiger partial charge in [0.2, 0.25) is 5.78 Å². The summed E-state index contributed by atoms with van der Waals surface area (Å²) in [6.45, 7) is 3.58. The average Bonchev–Trinajstić information content (AvgIpc) is 2.98. The SMILES string of the molecule is COc1cccc2c1C(=O)c1c(O)c3c(c(O)c1C2=O)CC(O)(C(=O)CO)CC3OC1CC(N/C(C)=C/C(C)=O)C(O)C(C)O1. The third kappa shape index (κ3) is 5.51. The van der Waals surface area contributed by atoms with Crippen molar-refractivity contribution in [2.45, 2.75) is 76.3 Å². The standard InChI is InChI=1S/C32H35NO12/c1-13(8-14(2)35)33-18-9-22(44-15(3)27(18)37)45-20-11-32(42,21(36)12-34)10-17-24(20)31(41)26-25(29(17)39)28(38)16-6-5-7-19(43-4)23(16)30(26)40/h5-8,15,18,20,22,27,33-34,37,39,41-42H,9-12H2,1-4H3/b13-8+. The molecule has 1 aliphatic heterocycles. The highest BCUT2D eigenvalue weighted by molar-refractivity contribution is 6.31. The average molecular weight is 626 g/mol. The van der Waals surface area contributed by atoms with Crippen LogP contribution in [0.3, 0.4) is 0 Å². The van der Waals surface area contributed by atoms with Crippen LogP contribution in [0.4, 0.5) is 0 Å². The van der Waals surface area contributed by atoms with Gasteiger partial charge in [0.25, 0.3) is 0 Å². The lowest BCUT2D eigenvalue weighted by molar-refractivity contribution is -0.249. The molecule has 2 aliphatic carbocycles. The number of aromatic hydroxyl groups is 2. The van der Waals surface area contributed by atoms with Gasteiger partial charge in [-0.25, -0.2) is 0 Å². The summed E-state index contributed by atoms with van der Waals surface area (Å²) in [5, 5.41) is 58.0. The van der Waals surface area contributed by atoms with Gasteiger partial charge in [-0.05, 0) is 32.9 Å². The summed E-state index contributed by atoms with van der Waals surface area (Å²) < 4.78 is 17.4. The number of Topliss-reactive ketones (excluding diaryl/α,β-unsaturated/α-hetero) is 1. The highest BCUT2D eigenvalue weighted by Crippen LogP contribution is 2.52. The number of phenols is 2. The van der Waals surface area contributed by atoms with Gasteiger partial charge < -0.3 is 45.1 Å². The molecule has 6 atom stereocenters. The molecule has 1 fully saturated rings. The molecule has 3 aliphatic rings. The van der Waals surface area contributed by atoms with E-state index in [1.807, 2.05) is 0 Å². The van der Waals surface area contributed by atoms with E-state index in [9.17, 15) is 44.7 Å². The Morgan fingerprint density at radius 1 is 1.11 bits per heavy atom. The maximum absolute atomic E-state index is 13.8. The summed E-state index contributed by atoms with van der Waals surface area (Å²) in [4.78, 5) is 51.8. The number of allylic oxidation sites excluding steroid dienone is 2. The molecular formula is C32H35NO12. The van der Waals surface area contributed by atoms with Gasteiger partial charge in [-0.2, -0.15) is 0 Å². The Morgan fingerprint density at radius 2 is 1.80 bits per heavy atom. The molecular weight excluding hydrogens is 590 g/mol. The van der Waals surface area contributed by atoms with Crippen LogP contribution in [-0.2, 0) is 25.5 Å². The topological polar surface area (TPSA) is 209 Å². The van der Waals surface area contributed by atoms with E-state index >= 15 is 0 Å². The van der Waals surface area contributed by atoms with Gasteiger partial charge in [-0.3, -0.25) is 19.2 Å². The van der Waals surface area contributed by atoms with Gasteiger partial charge in [-0.15, -0.1) is 0 Å². The molecule has 0 radical (unpaired) electrons. The summed E-state index contributed by atoms with van der Waals surface area (Å²) in [6.07, 6.45) is -4.06. The Morgan fingerprint density at radius 3 is 2.44 bits per heavy atom. The molecule has 1 heterocycles. The highest BCUT2D eigenvalue weighted by Gasteiger charge is 2.50. The third-order valence-electron chi connectivity index (χ3n) is 8.59. The maximum atomic E-state index is 13.8. The Balaban J connectivity index is 1.61. The molecule has 2 aromatic carbocycles. The molecule has 0 aromatic heterocycles. The summed E-state index contributed by atoms with van der Waals surface area (Å²) in [5.74, 6) is -4.10. The van der Waals surface area contributed by atoms with Gasteiger partial charge in [0.1, 0.15) is 35.6 Å². The van der Waals surface area contributed by atoms with Crippen LogP contribution in [0.25, 0.3) is 0 Å². The first kappa shape index (κ1) is 32.3. The van der Waals surface area contributed by atoms with E-state index in [-0.39, 0.29) is 40.2 Å². The van der Waals surface area contributed by atoms with Crippen LogP contribution in [0.1, 0.15) is 82.7 Å². The zero-order valence-corrected chi connectivity index (χ0v) is 25.1. The third-order valence-corrected chi connectivity index (χ3v) is 8.59. The molecule has 6 N–H and O–H groups in total. The van der Waals surface area contributed by atoms with Crippen molar-refractivity contribution in [1.82, 2.24) is 5.32 Å². The lowest BCUT2D eigenvalue weighted by atomic mass is 9.72. The Kier molecular flexibility index (Phi) is 8.59. The van der Waals surface area contributed by atoms with E-state index in [1.165, 1.54) is 38.3 Å². The first-order valence-corrected chi connectivity index (χ1v) is 14.4. The number of phenolic OH excluding ortho intramolecular Hbond substituents is 2. The van der Waals surface area contributed by atoms with Crippen molar-refractivity contribution >= 4 is 23.1 Å². The Hall–Kier alpha value is -4.14. The Labute approximate surface area is 258 Å². The molecule has 1 saturated heterocycles. The first-order valence-electron chi connectivity index (χ1n) is 14.4. The number of methoxy groups -OCH3 is 1. The molecule has 13 heteroatoms. The summed E-state index contributed by atoms with van der Waals surface area (Å²) >= 11 is 0. The van der Waals surface area contributed by atoms with Crippen LogP contribution in [0.5, 0.6) is 17.2 Å². The van der Waals surface area contributed by atoms with Crippen molar-refractivity contribution in [2.75, 3.05) is 13.7 Å². The van der Waals surface area contributed by atoms with E-state index in [0.717, 1.165) is 0 Å². The van der Waals surface area contributed by atoms with Crippen molar-refractivity contribution in [3.63, 3.8) is 0 Å². The van der Waals surface area contributed by atoms with Crippen molar-refractivity contribution in [1.29, 1.82) is 0 Å². The van der Waals surface area contributed by atoms with E-state index in [2.05, 4.69) is 5.32 Å². The van der Waals surface area contributed by atoms with E-state index in [1.54, 1.807) is 13.8 Å². The lowest BCUT2D eigenvalue weighted by Crippen LogP contribution is -2.54. The number of rotatable bonds is 8. The Bertz CT molecular complexity index is 1630. The molecule has 0 bridgehead atoms. The van der Waals surface area contributed by atoms with Crippen LogP contribution in [-0.4, -0.2) is 92.5 Å².